The molecule has 0 saturated carbocycles. The number of nitrogens with zero attached hydrogens (tertiary/aromatic N) is 8. The van der Waals surface area contributed by atoms with E-state index in [-0.39, 0.29) is 0 Å². The zero-order valence-corrected chi connectivity index (χ0v) is 16.8. The number of aromatic nitrogens is 6. The molecule has 0 N–H and O–H groups in total. The molecule has 3 aromatic heterocycles. The van der Waals surface area contributed by atoms with E-state index in [2.05, 4.69) is 29.9 Å². The summed E-state index contributed by atoms with van der Waals surface area (Å²) in [5, 5.41) is 5.60. The van der Waals surface area contributed by atoms with Crippen LogP contribution < -0.4 is 15.4 Å². The molecule has 9 nitrogen and oxygen atoms in total. The first-order chi connectivity index (χ1) is 15.0. The largest absolute Gasteiger partial charge is 0.368 e. The third-order valence-electron chi connectivity index (χ3n) is 5.50. The lowest BCUT2D eigenvalue weighted by Gasteiger charge is -2.36. The van der Waals surface area contributed by atoms with Crippen molar-refractivity contribution in [1.82, 2.24) is 29.3 Å². The molecule has 1 aromatic carbocycles. The highest BCUT2D eigenvalue weighted by Gasteiger charge is 2.21. The van der Waals surface area contributed by atoms with Crippen molar-refractivity contribution in [3.8, 4) is 0 Å². The Hall–Kier alpha value is -3.63. The van der Waals surface area contributed by atoms with Crippen LogP contribution in [0.4, 0.5) is 20.3 Å². The van der Waals surface area contributed by atoms with Crippen LogP contribution in [0.3, 0.4) is 0 Å². The van der Waals surface area contributed by atoms with Crippen LogP contribution in [0.5, 0.6) is 0 Å². The molecule has 160 valence electrons. The molecule has 0 bridgehead atoms. The van der Waals surface area contributed by atoms with Crippen molar-refractivity contribution in [2.24, 2.45) is 7.05 Å². The maximum Gasteiger partial charge on any atom is 0.261 e. The van der Waals surface area contributed by atoms with Gasteiger partial charge in [0.1, 0.15) is 12.1 Å². The molecule has 5 rings (SSSR count). The molecule has 31 heavy (non-hydrogen) atoms. The minimum atomic E-state index is -2.60. The Kier molecular flexibility index (Phi) is 4.72. The first-order valence-corrected chi connectivity index (χ1v) is 9.91. The summed E-state index contributed by atoms with van der Waals surface area (Å²) < 4.78 is 28.0. The van der Waals surface area contributed by atoms with Crippen molar-refractivity contribution in [3.05, 3.63) is 47.4 Å². The Balaban J connectivity index is 1.36. The predicted molar refractivity (Wildman–Crippen MR) is 113 cm³/mol. The fourth-order valence-electron chi connectivity index (χ4n) is 3.99. The van der Waals surface area contributed by atoms with Crippen molar-refractivity contribution in [2.45, 2.75) is 13.0 Å². The van der Waals surface area contributed by atoms with E-state index < -0.39 is 18.5 Å². The van der Waals surface area contributed by atoms with Crippen molar-refractivity contribution >= 4 is 33.4 Å². The Morgan fingerprint density at radius 1 is 1.03 bits per heavy atom. The fourth-order valence-corrected chi connectivity index (χ4v) is 3.99. The lowest BCUT2D eigenvalue weighted by atomic mass is 10.2. The van der Waals surface area contributed by atoms with E-state index >= 15 is 0 Å². The monoisotopic (exact) mass is 426 g/mol. The van der Waals surface area contributed by atoms with Crippen LogP contribution in [0, 0.1) is 0 Å². The molecule has 0 aliphatic carbocycles. The van der Waals surface area contributed by atoms with Gasteiger partial charge in [-0.1, -0.05) is 0 Å². The number of rotatable bonds is 4. The Morgan fingerprint density at radius 2 is 1.81 bits per heavy atom. The van der Waals surface area contributed by atoms with Gasteiger partial charge < -0.3 is 9.80 Å². The third kappa shape index (κ3) is 3.56. The number of fused-ring (bicyclic) bond motifs is 2. The van der Waals surface area contributed by atoms with Gasteiger partial charge in [0.15, 0.2) is 5.65 Å². The summed E-state index contributed by atoms with van der Waals surface area (Å²) in [5.41, 5.74) is 1.67. The zero-order chi connectivity index (χ0) is 21.5. The highest BCUT2D eigenvalue weighted by molar-refractivity contribution is 5.86. The number of hydrogen-bond donors (Lipinski definition) is 0. The highest BCUT2D eigenvalue weighted by Crippen LogP contribution is 2.25. The number of benzene rings is 1. The molecule has 1 aliphatic rings. The van der Waals surface area contributed by atoms with Crippen LogP contribution in [0.1, 0.15) is 0 Å². The van der Waals surface area contributed by atoms with E-state index in [9.17, 15) is 13.6 Å². The molecular formula is C20H20F2N8O. The molecule has 1 saturated heterocycles. The SMILES string of the molecule is Cn1cc2c(N3CCN(c4ccc5c(=O)n(CC(F)F)cnc5c4)CC3)ncnc2n1. The molecule has 0 unspecified atom stereocenters. The Labute approximate surface area is 175 Å². The minimum absolute atomic E-state index is 0.338. The highest BCUT2D eigenvalue weighted by atomic mass is 19.3. The van der Waals surface area contributed by atoms with E-state index in [1.165, 1.54) is 12.7 Å². The van der Waals surface area contributed by atoms with Gasteiger partial charge in [0.05, 0.1) is 29.2 Å². The van der Waals surface area contributed by atoms with Gasteiger partial charge >= 0.3 is 0 Å². The molecule has 4 aromatic rings. The van der Waals surface area contributed by atoms with Gasteiger partial charge in [0.2, 0.25) is 0 Å². The number of piperazine rings is 1. The number of hydrogen-bond acceptors (Lipinski definition) is 7. The fraction of sp³-hybridized carbons (Fsp3) is 0.350. The number of anilines is 2. The second-order valence-electron chi connectivity index (χ2n) is 7.51. The summed E-state index contributed by atoms with van der Waals surface area (Å²) in [6, 6.07) is 5.35. The summed E-state index contributed by atoms with van der Waals surface area (Å²) in [7, 11) is 1.86. The van der Waals surface area contributed by atoms with Gasteiger partial charge in [-0.25, -0.2) is 23.7 Å². The second kappa shape index (κ2) is 7.56. The maximum atomic E-state index is 12.6. The van der Waals surface area contributed by atoms with Gasteiger partial charge in [0.25, 0.3) is 12.0 Å². The number of alkyl halides is 2. The van der Waals surface area contributed by atoms with E-state index in [0.29, 0.717) is 16.6 Å². The van der Waals surface area contributed by atoms with Gasteiger partial charge in [0, 0.05) is 45.1 Å². The van der Waals surface area contributed by atoms with Gasteiger partial charge in [-0.05, 0) is 18.2 Å². The smallest absolute Gasteiger partial charge is 0.261 e. The van der Waals surface area contributed by atoms with Gasteiger partial charge in [-0.15, -0.1) is 0 Å². The Bertz CT molecular complexity index is 1310. The third-order valence-corrected chi connectivity index (χ3v) is 5.50. The molecule has 1 fully saturated rings. The predicted octanol–water partition coefficient (Wildman–Crippen LogP) is 1.66. The van der Waals surface area contributed by atoms with E-state index in [0.717, 1.165) is 47.6 Å². The number of aryl methyl sites for hydroxylation is 1. The van der Waals surface area contributed by atoms with Crippen molar-refractivity contribution < 1.29 is 8.78 Å². The average molecular weight is 426 g/mol. The van der Waals surface area contributed by atoms with Gasteiger partial charge in [-0.3, -0.25) is 14.0 Å². The van der Waals surface area contributed by atoms with Crippen molar-refractivity contribution in [1.29, 1.82) is 0 Å². The maximum absolute atomic E-state index is 12.6. The van der Waals surface area contributed by atoms with Crippen LogP contribution in [0.2, 0.25) is 0 Å². The average Bonchev–Trinajstić information content (AvgIpc) is 3.15. The van der Waals surface area contributed by atoms with Crippen molar-refractivity contribution in [2.75, 3.05) is 36.0 Å². The van der Waals surface area contributed by atoms with E-state index in [4.69, 9.17) is 0 Å². The lowest BCUT2D eigenvalue weighted by Crippen LogP contribution is -2.46. The van der Waals surface area contributed by atoms with Crippen molar-refractivity contribution in [3.63, 3.8) is 0 Å². The first kappa shape index (κ1) is 19.3. The van der Waals surface area contributed by atoms with Crippen LogP contribution in [0.25, 0.3) is 21.9 Å². The number of halogens is 2. The molecular weight excluding hydrogens is 406 g/mol. The summed E-state index contributed by atoms with van der Waals surface area (Å²) in [6.07, 6.45) is 2.04. The molecule has 0 amide bonds. The summed E-state index contributed by atoms with van der Waals surface area (Å²) >= 11 is 0. The van der Waals surface area contributed by atoms with E-state index in [1.54, 1.807) is 10.7 Å². The summed E-state index contributed by atoms with van der Waals surface area (Å²) in [5.74, 6) is 0.873. The standard InChI is InChI=1S/C20H20F2N8O/c1-27-9-15-18(26-27)23-11-24-19(15)29-6-4-28(5-7-29)13-2-3-14-16(8-13)25-12-30(20(14)31)10-17(21)22/h2-3,8-9,11-12,17H,4-7,10H2,1H3. The summed E-state index contributed by atoms with van der Waals surface area (Å²) in [4.78, 5) is 29.7. The summed E-state index contributed by atoms with van der Waals surface area (Å²) in [6.45, 7) is 2.41. The molecule has 11 heteroatoms. The quantitative estimate of drug-likeness (QED) is 0.491. The molecule has 1 aliphatic heterocycles. The molecule has 0 radical (unpaired) electrons. The topological polar surface area (TPSA) is 85.0 Å². The minimum Gasteiger partial charge on any atom is -0.368 e. The van der Waals surface area contributed by atoms with E-state index in [1.807, 2.05) is 25.4 Å². The van der Waals surface area contributed by atoms with Crippen LogP contribution in [-0.2, 0) is 13.6 Å². The van der Waals surface area contributed by atoms with Crippen LogP contribution in [-0.4, -0.2) is 61.9 Å². The van der Waals surface area contributed by atoms with Crippen LogP contribution >= 0.6 is 0 Å². The molecule has 4 heterocycles. The molecule has 0 atom stereocenters. The van der Waals surface area contributed by atoms with Gasteiger partial charge in [-0.2, -0.15) is 5.10 Å². The zero-order valence-electron chi connectivity index (χ0n) is 16.8. The first-order valence-electron chi connectivity index (χ1n) is 9.91. The normalized spacial score (nSPS) is 14.8. The second-order valence-corrected chi connectivity index (χ2v) is 7.51. The molecule has 0 spiro atoms. The van der Waals surface area contributed by atoms with Crippen LogP contribution in [0.15, 0.2) is 41.8 Å². The lowest BCUT2D eigenvalue weighted by molar-refractivity contribution is 0.125. The Morgan fingerprint density at radius 3 is 2.58 bits per heavy atom.